The summed E-state index contributed by atoms with van der Waals surface area (Å²) in [5.41, 5.74) is 0. The standard InChI is InChI=1S/C6H6ClF3O2/c7-5(2-4(11)12)1-3(8)6(5,9)10/h3H,1-2H2,(H,11,12). The molecule has 1 N–H and O–H groups in total. The third-order valence-corrected chi connectivity index (χ3v) is 2.46. The summed E-state index contributed by atoms with van der Waals surface area (Å²) >= 11 is 5.22. The monoisotopic (exact) mass is 202 g/mol. The molecule has 1 saturated carbocycles. The fourth-order valence-corrected chi connectivity index (χ4v) is 1.50. The number of aliphatic carboxylic acids is 1. The molecule has 0 aromatic rings. The van der Waals surface area contributed by atoms with Crippen LogP contribution in [0.25, 0.3) is 0 Å². The van der Waals surface area contributed by atoms with Gasteiger partial charge >= 0.3 is 5.97 Å². The van der Waals surface area contributed by atoms with Gasteiger partial charge in [0.05, 0.1) is 6.42 Å². The predicted octanol–water partition coefficient (Wildman–Crippen LogP) is 1.82. The predicted molar refractivity (Wildman–Crippen MR) is 35.3 cm³/mol. The minimum Gasteiger partial charge on any atom is -0.481 e. The average molecular weight is 203 g/mol. The van der Waals surface area contributed by atoms with Gasteiger partial charge in [-0.3, -0.25) is 4.79 Å². The van der Waals surface area contributed by atoms with E-state index in [9.17, 15) is 18.0 Å². The lowest BCUT2D eigenvalue weighted by Gasteiger charge is -2.45. The van der Waals surface area contributed by atoms with Crippen LogP contribution >= 0.6 is 11.6 Å². The Balaban J connectivity index is 2.70. The molecule has 1 aliphatic carbocycles. The SMILES string of the molecule is O=C(O)CC1(Cl)CC(F)C1(F)F. The highest BCUT2D eigenvalue weighted by Gasteiger charge is 2.69. The van der Waals surface area contributed by atoms with Crippen LogP contribution in [0.4, 0.5) is 13.2 Å². The fraction of sp³-hybridized carbons (Fsp3) is 0.833. The van der Waals surface area contributed by atoms with Gasteiger partial charge in [0.25, 0.3) is 5.92 Å². The zero-order chi connectivity index (χ0) is 9.57. The van der Waals surface area contributed by atoms with Crippen molar-refractivity contribution in [2.75, 3.05) is 0 Å². The third-order valence-electron chi connectivity index (χ3n) is 1.92. The summed E-state index contributed by atoms with van der Waals surface area (Å²) in [5, 5.41) is 8.19. The van der Waals surface area contributed by atoms with Gasteiger partial charge in [0.1, 0.15) is 4.87 Å². The van der Waals surface area contributed by atoms with Crippen molar-refractivity contribution in [2.45, 2.75) is 29.8 Å². The highest BCUT2D eigenvalue weighted by atomic mass is 35.5. The molecular formula is C6H6ClF3O2. The van der Waals surface area contributed by atoms with Crippen molar-refractivity contribution < 1.29 is 23.1 Å². The van der Waals surface area contributed by atoms with Crippen LogP contribution < -0.4 is 0 Å². The Morgan fingerprint density at radius 1 is 1.67 bits per heavy atom. The van der Waals surface area contributed by atoms with Gasteiger partial charge < -0.3 is 5.11 Å². The zero-order valence-corrected chi connectivity index (χ0v) is 6.61. The topological polar surface area (TPSA) is 37.3 Å². The molecule has 70 valence electrons. The smallest absolute Gasteiger partial charge is 0.305 e. The number of rotatable bonds is 2. The van der Waals surface area contributed by atoms with Crippen molar-refractivity contribution in [3.05, 3.63) is 0 Å². The first kappa shape index (κ1) is 9.64. The van der Waals surface area contributed by atoms with Crippen molar-refractivity contribution >= 4 is 17.6 Å². The minimum atomic E-state index is -3.72. The Labute approximate surface area is 71.3 Å². The molecule has 0 aliphatic heterocycles. The maximum absolute atomic E-state index is 12.6. The maximum atomic E-state index is 12.6. The van der Waals surface area contributed by atoms with Crippen molar-refractivity contribution in [3.8, 4) is 0 Å². The molecule has 0 spiro atoms. The Hall–Kier alpha value is -0.450. The lowest BCUT2D eigenvalue weighted by Crippen LogP contribution is -2.63. The van der Waals surface area contributed by atoms with E-state index in [2.05, 4.69) is 0 Å². The van der Waals surface area contributed by atoms with Crippen LogP contribution in [0.1, 0.15) is 12.8 Å². The van der Waals surface area contributed by atoms with E-state index in [-0.39, 0.29) is 0 Å². The number of carboxylic acid groups (broad SMARTS) is 1. The second kappa shape index (κ2) is 2.52. The summed E-state index contributed by atoms with van der Waals surface area (Å²) in [6, 6.07) is 0. The van der Waals surface area contributed by atoms with Gasteiger partial charge in [-0.2, -0.15) is 0 Å². The fourth-order valence-electron chi connectivity index (χ4n) is 1.13. The number of hydrogen-bond donors (Lipinski definition) is 1. The van der Waals surface area contributed by atoms with Gasteiger partial charge in [-0.1, -0.05) is 0 Å². The van der Waals surface area contributed by atoms with Crippen molar-refractivity contribution in [2.24, 2.45) is 0 Å². The summed E-state index contributed by atoms with van der Waals surface area (Å²) in [5.74, 6) is -5.16. The minimum absolute atomic E-state index is 0.603. The second-order valence-electron chi connectivity index (χ2n) is 2.83. The van der Waals surface area contributed by atoms with Crippen LogP contribution in [0.2, 0.25) is 0 Å². The Kier molecular flexibility index (Phi) is 2.02. The molecule has 6 heteroatoms. The zero-order valence-electron chi connectivity index (χ0n) is 5.86. The van der Waals surface area contributed by atoms with E-state index in [1.165, 1.54) is 0 Å². The molecule has 0 aromatic carbocycles. The summed E-state index contributed by atoms with van der Waals surface area (Å²) in [4.78, 5) is 7.84. The molecule has 1 fully saturated rings. The third kappa shape index (κ3) is 1.16. The summed E-state index contributed by atoms with van der Waals surface area (Å²) < 4.78 is 37.4. The molecule has 2 atom stereocenters. The lowest BCUT2D eigenvalue weighted by atomic mass is 9.76. The Bertz CT molecular complexity index is 221. The molecule has 0 radical (unpaired) electrons. The summed E-state index contributed by atoms with van der Waals surface area (Å²) in [6.07, 6.45) is -3.83. The molecule has 1 rings (SSSR count). The van der Waals surface area contributed by atoms with Crippen molar-refractivity contribution in [1.29, 1.82) is 0 Å². The van der Waals surface area contributed by atoms with E-state index < -0.39 is 35.8 Å². The Morgan fingerprint density at radius 3 is 2.42 bits per heavy atom. The summed E-state index contributed by atoms with van der Waals surface area (Å²) in [7, 11) is 0. The van der Waals surface area contributed by atoms with Crippen molar-refractivity contribution in [3.63, 3.8) is 0 Å². The van der Waals surface area contributed by atoms with Crippen LogP contribution in [-0.4, -0.2) is 28.0 Å². The molecule has 0 amide bonds. The van der Waals surface area contributed by atoms with Gasteiger partial charge in [0, 0.05) is 6.42 Å². The van der Waals surface area contributed by atoms with E-state index in [4.69, 9.17) is 16.7 Å². The highest BCUT2D eigenvalue weighted by molar-refractivity contribution is 6.26. The Morgan fingerprint density at radius 2 is 2.17 bits per heavy atom. The van der Waals surface area contributed by atoms with Gasteiger partial charge in [-0.15, -0.1) is 11.6 Å². The highest BCUT2D eigenvalue weighted by Crippen LogP contribution is 2.55. The van der Waals surface area contributed by atoms with Crippen LogP contribution in [0.15, 0.2) is 0 Å². The molecule has 0 saturated heterocycles. The molecule has 1 aliphatic rings. The largest absolute Gasteiger partial charge is 0.481 e. The first-order chi connectivity index (χ1) is 5.29. The molecule has 0 aromatic heterocycles. The van der Waals surface area contributed by atoms with E-state index in [1.807, 2.05) is 0 Å². The van der Waals surface area contributed by atoms with Crippen LogP contribution in [0.3, 0.4) is 0 Å². The molecule has 2 nitrogen and oxygen atoms in total. The normalized spacial score (nSPS) is 38.8. The van der Waals surface area contributed by atoms with E-state index in [0.29, 0.717) is 0 Å². The number of carboxylic acids is 1. The molecular weight excluding hydrogens is 197 g/mol. The quantitative estimate of drug-likeness (QED) is 0.694. The van der Waals surface area contributed by atoms with E-state index in [1.54, 1.807) is 0 Å². The molecule has 2 unspecified atom stereocenters. The van der Waals surface area contributed by atoms with Crippen LogP contribution in [0, 0.1) is 0 Å². The lowest BCUT2D eigenvalue weighted by molar-refractivity contribution is -0.185. The number of carbonyl (C=O) groups is 1. The molecule has 12 heavy (non-hydrogen) atoms. The average Bonchev–Trinajstić information content (AvgIpc) is 1.85. The van der Waals surface area contributed by atoms with Gasteiger partial charge in [0.15, 0.2) is 6.17 Å². The van der Waals surface area contributed by atoms with E-state index in [0.717, 1.165) is 0 Å². The van der Waals surface area contributed by atoms with Crippen LogP contribution in [-0.2, 0) is 4.79 Å². The number of hydrogen-bond acceptors (Lipinski definition) is 1. The van der Waals surface area contributed by atoms with Gasteiger partial charge in [0.2, 0.25) is 0 Å². The van der Waals surface area contributed by atoms with Crippen molar-refractivity contribution in [1.82, 2.24) is 0 Å². The first-order valence-electron chi connectivity index (χ1n) is 3.22. The van der Waals surface area contributed by atoms with Gasteiger partial charge in [-0.05, 0) is 0 Å². The first-order valence-corrected chi connectivity index (χ1v) is 3.60. The second-order valence-corrected chi connectivity index (χ2v) is 3.55. The maximum Gasteiger partial charge on any atom is 0.305 e. The molecule has 0 heterocycles. The number of alkyl halides is 4. The molecule has 0 bridgehead atoms. The van der Waals surface area contributed by atoms with Gasteiger partial charge in [-0.25, -0.2) is 13.2 Å². The number of halogens is 4. The summed E-state index contributed by atoms with van der Waals surface area (Å²) in [6.45, 7) is 0. The van der Waals surface area contributed by atoms with E-state index >= 15 is 0 Å². The van der Waals surface area contributed by atoms with Crippen LogP contribution in [0.5, 0.6) is 0 Å².